The summed E-state index contributed by atoms with van der Waals surface area (Å²) in [6, 6.07) is 7.57. The third-order valence-electron chi connectivity index (χ3n) is 4.71. The minimum absolute atomic E-state index is 0.273. The molecule has 0 bridgehead atoms. The summed E-state index contributed by atoms with van der Waals surface area (Å²) in [7, 11) is 0. The van der Waals surface area contributed by atoms with Gasteiger partial charge in [-0.15, -0.1) is 0 Å². The number of rotatable bonds is 4. The first-order valence-corrected chi connectivity index (χ1v) is 10.3. The smallest absolute Gasteiger partial charge is 0.408 e. The minimum Gasteiger partial charge on any atom is -0.458 e. The second-order valence-electron chi connectivity index (χ2n) is 9.66. The lowest BCUT2D eigenvalue weighted by molar-refractivity contribution is -0.166. The second kappa shape index (κ2) is 8.34. The molecule has 0 spiro atoms. The number of aromatic nitrogens is 2. The fourth-order valence-electron chi connectivity index (χ4n) is 3.47. The van der Waals surface area contributed by atoms with Crippen LogP contribution in [0.25, 0.3) is 5.69 Å². The van der Waals surface area contributed by atoms with E-state index in [1.165, 1.54) is 0 Å². The number of carbonyl (C=O) groups is 2. The molecule has 1 amide bonds. The zero-order valence-corrected chi connectivity index (χ0v) is 19.0. The first kappa shape index (κ1) is 22.8. The third kappa shape index (κ3) is 5.44. The zero-order chi connectivity index (χ0) is 22.9. The monoisotopic (exact) mass is 429 g/mol. The van der Waals surface area contributed by atoms with E-state index in [-0.39, 0.29) is 6.42 Å². The molecule has 8 nitrogen and oxygen atoms in total. The lowest BCUT2D eigenvalue weighted by Gasteiger charge is -2.36. The maximum absolute atomic E-state index is 13.3. The number of ether oxygens (including phenoxy) is 3. The van der Waals surface area contributed by atoms with Crippen molar-refractivity contribution in [3.8, 4) is 5.69 Å². The van der Waals surface area contributed by atoms with Crippen LogP contribution in [0.4, 0.5) is 4.79 Å². The number of hydrogen-bond acceptors (Lipinski definition) is 6. The highest BCUT2D eigenvalue weighted by Crippen LogP contribution is 2.40. The van der Waals surface area contributed by atoms with E-state index in [1.54, 1.807) is 54.1 Å². The zero-order valence-electron chi connectivity index (χ0n) is 19.0. The lowest BCUT2D eigenvalue weighted by Crippen LogP contribution is -2.59. The largest absolute Gasteiger partial charge is 0.458 e. The molecule has 1 fully saturated rings. The molecule has 0 aliphatic carbocycles. The molecule has 3 rings (SSSR count). The molecule has 8 heteroatoms. The molecule has 0 saturated carbocycles. The highest BCUT2D eigenvalue weighted by atomic mass is 16.6. The van der Waals surface area contributed by atoms with Gasteiger partial charge in [-0.1, -0.05) is 12.1 Å². The van der Waals surface area contributed by atoms with Crippen LogP contribution in [0.15, 0.2) is 43.0 Å². The summed E-state index contributed by atoms with van der Waals surface area (Å²) in [6.07, 6.45) is 4.11. The van der Waals surface area contributed by atoms with Gasteiger partial charge in [0.05, 0.1) is 12.9 Å². The maximum atomic E-state index is 13.3. The van der Waals surface area contributed by atoms with E-state index in [4.69, 9.17) is 14.2 Å². The molecule has 2 aromatic rings. The van der Waals surface area contributed by atoms with Crippen molar-refractivity contribution in [2.24, 2.45) is 0 Å². The molecule has 168 valence electrons. The number of imidazole rings is 1. The van der Waals surface area contributed by atoms with Crippen molar-refractivity contribution in [2.75, 3.05) is 6.61 Å². The van der Waals surface area contributed by atoms with E-state index in [0.717, 1.165) is 11.3 Å². The highest BCUT2D eigenvalue weighted by Gasteiger charge is 2.55. The van der Waals surface area contributed by atoms with Crippen LogP contribution in [-0.2, 0) is 19.0 Å². The van der Waals surface area contributed by atoms with E-state index in [9.17, 15) is 9.59 Å². The van der Waals surface area contributed by atoms with Gasteiger partial charge in [0.2, 0.25) is 0 Å². The summed E-state index contributed by atoms with van der Waals surface area (Å²) in [5, 5.41) is 2.79. The van der Waals surface area contributed by atoms with Gasteiger partial charge in [0.1, 0.15) is 17.3 Å². The Morgan fingerprint density at radius 3 is 2.29 bits per heavy atom. The Bertz CT molecular complexity index is 910. The standard InChI is InChI=1S/C23H31N3O5/c1-21(2,3)30-19(27)23(25-20(28)31-22(4,5)6)11-14-29-18(23)16-7-9-17(10-8-16)26-13-12-24-15-26/h7-10,12-13,15,18H,11,14H2,1-6H3,(H,25,28)/t18-,23+/m0/s1. The average Bonchev–Trinajstić information content (AvgIpc) is 3.29. The molecule has 0 unspecified atom stereocenters. The number of amides is 1. The number of nitrogens with zero attached hydrogens (tertiary/aromatic N) is 2. The fraction of sp³-hybridized carbons (Fsp3) is 0.522. The number of esters is 1. The Hall–Kier alpha value is -2.87. The summed E-state index contributed by atoms with van der Waals surface area (Å²) in [4.78, 5) is 30.1. The van der Waals surface area contributed by atoms with E-state index in [0.29, 0.717) is 6.61 Å². The third-order valence-corrected chi connectivity index (χ3v) is 4.71. The molecule has 1 aliphatic heterocycles. The van der Waals surface area contributed by atoms with Gasteiger partial charge in [0, 0.05) is 24.5 Å². The molecule has 0 radical (unpaired) electrons. The van der Waals surface area contributed by atoms with Crippen molar-refractivity contribution in [3.05, 3.63) is 48.5 Å². The van der Waals surface area contributed by atoms with Gasteiger partial charge in [0.15, 0.2) is 5.54 Å². The number of nitrogens with one attached hydrogen (secondary N) is 1. The van der Waals surface area contributed by atoms with E-state index in [2.05, 4.69) is 10.3 Å². The van der Waals surface area contributed by atoms with Gasteiger partial charge >= 0.3 is 12.1 Å². The van der Waals surface area contributed by atoms with Crippen LogP contribution in [0, 0.1) is 0 Å². The Kier molecular flexibility index (Phi) is 6.14. The van der Waals surface area contributed by atoms with Crippen molar-refractivity contribution < 1.29 is 23.8 Å². The number of carbonyl (C=O) groups excluding carboxylic acids is 2. The predicted octanol–water partition coefficient (Wildman–Crippen LogP) is 3.94. The Labute approximate surface area is 182 Å². The second-order valence-corrected chi connectivity index (χ2v) is 9.66. The summed E-state index contributed by atoms with van der Waals surface area (Å²) in [6.45, 7) is 11.0. The Morgan fingerprint density at radius 1 is 1.10 bits per heavy atom. The number of benzene rings is 1. The van der Waals surface area contributed by atoms with Crippen LogP contribution in [0.2, 0.25) is 0 Å². The summed E-state index contributed by atoms with van der Waals surface area (Å²) in [5.74, 6) is -0.549. The van der Waals surface area contributed by atoms with Gasteiger partial charge in [0.25, 0.3) is 0 Å². The van der Waals surface area contributed by atoms with E-state index >= 15 is 0 Å². The van der Waals surface area contributed by atoms with Crippen molar-refractivity contribution in [2.45, 2.75) is 70.8 Å². The molecule has 31 heavy (non-hydrogen) atoms. The van der Waals surface area contributed by atoms with E-state index < -0.39 is 34.9 Å². The topological polar surface area (TPSA) is 91.7 Å². The highest BCUT2D eigenvalue weighted by molar-refractivity contribution is 5.87. The van der Waals surface area contributed by atoms with Crippen LogP contribution in [-0.4, -0.2) is 45.0 Å². The fourth-order valence-corrected chi connectivity index (χ4v) is 3.47. The molecule has 1 N–H and O–H groups in total. The van der Waals surface area contributed by atoms with Gasteiger partial charge in [-0.25, -0.2) is 14.6 Å². The van der Waals surface area contributed by atoms with Gasteiger partial charge in [-0.2, -0.15) is 0 Å². The van der Waals surface area contributed by atoms with Crippen LogP contribution in [0.3, 0.4) is 0 Å². The molecule has 2 heterocycles. The number of alkyl carbamates (subject to hydrolysis) is 1. The van der Waals surface area contributed by atoms with Crippen LogP contribution < -0.4 is 5.32 Å². The van der Waals surface area contributed by atoms with E-state index in [1.807, 2.05) is 35.0 Å². The normalized spacial score (nSPS) is 21.5. The van der Waals surface area contributed by atoms with Crippen LogP contribution >= 0.6 is 0 Å². The van der Waals surface area contributed by atoms with Crippen molar-refractivity contribution in [1.29, 1.82) is 0 Å². The van der Waals surface area contributed by atoms with Gasteiger partial charge < -0.3 is 24.1 Å². The van der Waals surface area contributed by atoms with Crippen molar-refractivity contribution in [3.63, 3.8) is 0 Å². The SMILES string of the molecule is CC(C)(C)OC(=O)N[C@]1(C(=O)OC(C)(C)C)CCO[C@H]1c1ccc(-n2ccnc2)cc1. The lowest BCUT2D eigenvalue weighted by atomic mass is 9.86. The predicted molar refractivity (Wildman–Crippen MR) is 115 cm³/mol. The molecular formula is C23H31N3O5. The quantitative estimate of drug-likeness (QED) is 0.740. The average molecular weight is 430 g/mol. The van der Waals surface area contributed by atoms with Crippen LogP contribution in [0.1, 0.15) is 59.6 Å². The Balaban J connectivity index is 1.94. The van der Waals surface area contributed by atoms with Crippen molar-refractivity contribution in [1.82, 2.24) is 14.9 Å². The van der Waals surface area contributed by atoms with Gasteiger partial charge in [-0.3, -0.25) is 0 Å². The first-order chi connectivity index (χ1) is 14.4. The van der Waals surface area contributed by atoms with Crippen molar-refractivity contribution >= 4 is 12.1 Å². The molecule has 1 aromatic heterocycles. The number of hydrogen-bond donors (Lipinski definition) is 1. The molecular weight excluding hydrogens is 398 g/mol. The summed E-state index contributed by atoms with van der Waals surface area (Å²) in [5.41, 5.74) is -1.16. The summed E-state index contributed by atoms with van der Waals surface area (Å²) >= 11 is 0. The maximum Gasteiger partial charge on any atom is 0.408 e. The minimum atomic E-state index is -1.40. The molecule has 2 atom stereocenters. The Morgan fingerprint density at radius 2 is 1.74 bits per heavy atom. The first-order valence-electron chi connectivity index (χ1n) is 10.3. The molecule has 1 aliphatic rings. The van der Waals surface area contributed by atoms with Gasteiger partial charge in [-0.05, 0) is 59.2 Å². The molecule has 1 aromatic carbocycles. The summed E-state index contributed by atoms with van der Waals surface area (Å²) < 4.78 is 19.0. The van der Waals surface area contributed by atoms with Crippen LogP contribution in [0.5, 0.6) is 0 Å². The molecule has 1 saturated heterocycles.